The molecule has 0 bridgehead atoms. The number of nitrogens with one attached hydrogen (secondary N) is 4. The zero-order valence-electron chi connectivity index (χ0n) is 23.0. The number of pyridine rings is 1. The fraction of sp³-hybridized carbons (Fsp3) is 0.185. The minimum Gasteiger partial charge on any atom is -0.505 e. The molecule has 0 aliphatic heterocycles. The highest BCUT2D eigenvalue weighted by atomic mass is 32.2. The molecule has 5 aromatic rings. The van der Waals surface area contributed by atoms with E-state index in [0.29, 0.717) is 11.6 Å². The first-order chi connectivity index (χ1) is 20.8. The van der Waals surface area contributed by atoms with Crippen molar-refractivity contribution in [2.45, 2.75) is 24.0 Å². The molecule has 0 saturated heterocycles. The highest BCUT2D eigenvalue weighted by Crippen LogP contribution is 2.36. The van der Waals surface area contributed by atoms with Crippen molar-refractivity contribution < 1.29 is 35.9 Å². The number of para-hydroxylation sites is 1. The maximum atomic E-state index is 14.4. The molecule has 2 aromatic carbocycles. The molecule has 44 heavy (non-hydrogen) atoms. The number of hydrogen-bond acceptors (Lipinski definition) is 8. The number of halogens is 4. The van der Waals surface area contributed by atoms with Gasteiger partial charge in [-0.05, 0) is 35.4 Å². The van der Waals surface area contributed by atoms with E-state index in [1.165, 1.54) is 36.3 Å². The lowest BCUT2D eigenvalue weighted by Crippen LogP contribution is -2.19. The van der Waals surface area contributed by atoms with Gasteiger partial charge in [0.2, 0.25) is 0 Å². The van der Waals surface area contributed by atoms with Gasteiger partial charge < -0.3 is 15.7 Å². The summed E-state index contributed by atoms with van der Waals surface area (Å²) in [7, 11) is -1.06. The van der Waals surface area contributed by atoms with E-state index >= 15 is 0 Å². The van der Waals surface area contributed by atoms with E-state index in [1.807, 2.05) is 0 Å². The number of phenolic OH excluding ortho intramolecular Hbond substituents is 1. The summed E-state index contributed by atoms with van der Waals surface area (Å²) >= 11 is 0. The van der Waals surface area contributed by atoms with Crippen LogP contribution in [0.25, 0.3) is 22.2 Å². The molecule has 3 heterocycles. The van der Waals surface area contributed by atoms with Crippen molar-refractivity contribution in [3.8, 4) is 17.0 Å². The molecule has 0 aliphatic rings. The molecule has 3 aromatic heterocycles. The van der Waals surface area contributed by atoms with Crippen LogP contribution in [-0.4, -0.2) is 57.6 Å². The highest BCUT2D eigenvalue weighted by Gasteiger charge is 2.31. The third-order valence-corrected chi connectivity index (χ3v) is 7.85. The van der Waals surface area contributed by atoms with E-state index in [2.05, 4.69) is 35.6 Å². The molecule has 0 saturated carbocycles. The molecule has 230 valence electrons. The first-order valence-corrected chi connectivity index (χ1v) is 14.3. The average molecular weight is 633 g/mol. The molecule has 1 amide bonds. The number of sulfonamides is 1. The van der Waals surface area contributed by atoms with Crippen LogP contribution in [0.2, 0.25) is 0 Å². The summed E-state index contributed by atoms with van der Waals surface area (Å²) in [6, 6.07) is 9.17. The standard InChI is InChI=1S/C27H24F4N8O4S/c1-32-26(41)24-23-21(36-37-24)9-20(17-8-18(28)22(40)7-15(17)10-27(29,30)31)35-25(23)33-11-14-5-3-4-6-19(14)38-44(42,43)16-12-34-39(2)13-16/h3-9,12-13,38,40H,10-11H2,1-2H3,(H,32,41)(H,33,35)(H,36,37). The van der Waals surface area contributed by atoms with Crippen LogP contribution in [0.4, 0.5) is 29.1 Å². The predicted octanol–water partition coefficient (Wildman–Crippen LogP) is 4.08. The first-order valence-electron chi connectivity index (χ1n) is 12.8. The van der Waals surface area contributed by atoms with E-state index in [9.17, 15) is 35.9 Å². The Kier molecular flexibility index (Phi) is 7.90. The van der Waals surface area contributed by atoms with Gasteiger partial charge in [0.15, 0.2) is 17.3 Å². The van der Waals surface area contributed by atoms with E-state index in [0.717, 1.165) is 6.07 Å². The SMILES string of the molecule is CNC(=O)c1n[nH]c2cc(-c3cc(F)c(O)cc3CC(F)(F)F)nc(NCc3ccccc3NS(=O)(=O)c3cnn(C)c3)c12. The number of benzene rings is 2. The van der Waals surface area contributed by atoms with Gasteiger partial charge in [0.05, 0.1) is 34.9 Å². The number of carbonyl (C=O) groups excluding carboxylic acids is 1. The number of H-pyrrole nitrogens is 1. The Bertz CT molecular complexity index is 1990. The van der Waals surface area contributed by atoms with Gasteiger partial charge in [-0.25, -0.2) is 17.8 Å². The van der Waals surface area contributed by atoms with Crippen LogP contribution in [0.1, 0.15) is 21.6 Å². The summed E-state index contributed by atoms with van der Waals surface area (Å²) in [5.41, 5.74) is -0.0357. The van der Waals surface area contributed by atoms with Gasteiger partial charge in [0.25, 0.3) is 15.9 Å². The Balaban J connectivity index is 1.58. The molecule has 5 rings (SSSR count). The zero-order chi connectivity index (χ0) is 31.8. The number of aromatic nitrogens is 5. The Morgan fingerprint density at radius 1 is 1.14 bits per heavy atom. The summed E-state index contributed by atoms with van der Waals surface area (Å²) in [6.45, 7) is -0.0744. The van der Waals surface area contributed by atoms with Gasteiger partial charge in [-0.15, -0.1) is 0 Å². The third kappa shape index (κ3) is 6.26. The number of nitrogens with zero attached hydrogens (tertiary/aromatic N) is 4. The zero-order valence-corrected chi connectivity index (χ0v) is 23.8. The second-order valence-corrected chi connectivity index (χ2v) is 11.3. The molecule has 0 radical (unpaired) electrons. The van der Waals surface area contributed by atoms with Gasteiger partial charge in [-0.3, -0.25) is 19.3 Å². The lowest BCUT2D eigenvalue weighted by atomic mass is 9.99. The first kappa shape index (κ1) is 30.3. The average Bonchev–Trinajstić information content (AvgIpc) is 3.60. The number of hydrogen-bond donors (Lipinski definition) is 5. The lowest BCUT2D eigenvalue weighted by molar-refractivity contribution is -0.127. The van der Waals surface area contributed by atoms with Gasteiger partial charge in [0.1, 0.15) is 10.7 Å². The lowest BCUT2D eigenvalue weighted by Gasteiger charge is -2.16. The van der Waals surface area contributed by atoms with Crippen LogP contribution < -0.4 is 15.4 Å². The van der Waals surface area contributed by atoms with Crippen molar-refractivity contribution in [1.29, 1.82) is 0 Å². The Morgan fingerprint density at radius 2 is 1.89 bits per heavy atom. The smallest absolute Gasteiger partial charge is 0.393 e. The Hall–Kier alpha value is -5.19. The number of fused-ring (bicyclic) bond motifs is 1. The van der Waals surface area contributed by atoms with Crippen molar-refractivity contribution in [3.63, 3.8) is 0 Å². The van der Waals surface area contributed by atoms with Crippen molar-refractivity contribution >= 4 is 38.3 Å². The molecule has 0 unspecified atom stereocenters. The van der Waals surface area contributed by atoms with E-state index in [4.69, 9.17) is 0 Å². The van der Waals surface area contributed by atoms with Crippen molar-refractivity contribution in [2.75, 3.05) is 17.1 Å². The molecule has 0 atom stereocenters. The number of anilines is 2. The maximum absolute atomic E-state index is 14.4. The third-order valence-electron chi connectivity index (χ3n) is 6.53. The number of aromatic hydroxyl groups is 1. The quantitative estimate of drug-likeness (QED) is 0.152. The van der Waals surface area contributed by atoms with Gasteiger partial charge in [-0.1, -0.05) is 18.2 Å². The predicted molar refractivity (Wildman–Crippen MR) is 152 cm³/mol. The number of carbonyl (C=O) groups is 1. The van der Waals surface area contributed by atoms with Gasteiger partial charge in [0, 0.05) is 32.4 Å². The van der Waals surface area contributed by atoms with Crippen LogP contribution in [0, 0.1) is 5.82 Å². The Morgan fingerprint density at radius 3 is 2.57 bits per heavy atom. The fourth-order valence-corrected chi connectivity index (χ4v) is 5.58. The molecule has 17 heteroatoms. The number of aromatic amines is 1. The highest BCUT2D eigenvalue weighted by molar-refractivity contribution is 7.92. The molecule has 0 fully saturated rings. The molecule has 0 spiro atoms. The topological polar surface area (TPSA) is 167 Å². The maximum Gasteiger partial charge on any atom is 0.393 e. The molecule has 5 N–H and O–H groups in total. The van der Waals surface area contributed by atoms with E-state index in [-0.39, 0.29) is 50.8 Å². The minimum absolute atomic E-state index is 0.0128. The van der Waals surface area contributed by atoms with Gasteiger partial charge >= 0.3 is 6.18 Å². The van der Waals surface area contributed by atoms with Crippen molar-refractivity contribution in [2.24, 2.45) is 7.05 Å². The van der Waals surface area contributed by atoms with Crippen LogP contribution in [0.3, 0.4) is 0 Å². The Labute approximate surface area is 247 Å². The summed E-state index contributed by atoms with van der Waals surface area (Å²) in [5.74, 6) is -2.72. The number of alkyl halides is 3. The summed E-state index contributed by atoms with van der Waals surface area (Å²) in [5, 5.41) is 26.0. The summed E-state index contributed by atoms with van der Waals surface area (Å²) in [6.07, 6.45) is -3.64. The largest absolute Gasteiger partial charge is 0.505 e. The second-order valence-electron chi connectivity index (χ2n) is 9.65. The molecular formula is C27H24F4N8O4S. The second kappa shape index (κ2) is 11.5. The molecule has 12 nitrogen and oxygen atoms in total. The summed E-state index contributed by atoms with van der Waals surface area (Å²) < 4.78 is 84.3. The molecule has 0 aliphatic carbocycles. The van der Waals surface area contributed by atoms with Crippen molar-refractivity contribution in [1.82, 2.24) is 30.3 Å². The fourth-order valence-electron chi connectivity index (χ4n) is 4.49. The summed E-state index contributed by atoms with van der Waals surface area (Å²) in [4.78, 5) is 16.9. The van der Waals surface area contributed by atoms with Crippen LogP contribution in [-0.2, 0) is 30.0 Å². The van der Waals surface area contributed by atoms with Crippen LogP contribution in [0.5, 0.6) is 5.75 Å². The van der Waals surface area contributed by atoms with E-state index in [1.54, 1.807) is 25.2 Å². The van der Waals surface area contributed by atoms with Crippen LogP contribution >= 0.6 is 0 Å². The van der Waals surface area contributed by atoms with E-state index < -0.39 is 45.7 Å². The number of amides is 1. The number of aryl methyl sites for hydroxylation is 1. The molecular weight excluding hydrogens is 608 g/mol. The van der Waals surface area contributed by atoms with Crippen LogP contribution in [0.15, 0.2) is 59.8 Å². The normalized spacial score (nSPS) is 12.0. The monoisotopic (exact) mass is 632 g/mol. The van der Waals surface area contributed by atoms with Crippen molar-refractivity contribution in [3.05, 3.63) is 77.5 Å². The number of phenols is 1. The van der Waals surface area contributed by atoms with Gasteiger partial charge in [-0.2, -0.15) is 23.4 Å². The number of rotatable bonds is 9. The minimum atomic E-state index is -4.68.